The van der Waals surface area contributed by atoms with E-state index in [9.17, 15) is 19.4 Å². The second-order valence-corrected chi connectivity index (χ2v) is 9.46. The molecule has 0 aliphatic carbocycles. The number of aliphatic hydroxyl groups is 2. The van der Waals surface area contributed by atoms with Gasteiger partial charge >= 0.3 is 0 Å². The number of alkyl halides is 1. The van der Waals surface area contributed by atoms with Gasteiger partial charge in [-0.3, -0.25) is 9.78 Å². The number of rotatable bonds is 8. The second kappa shape index (κ2) is 10.1. The van der Waals surface area contributed by atoms with Crippen LogP contribution < -0.4 is 10.6 Å². The molecule has 1 amide bonds. The molecule has 1 saturated heterocycles. The molecule has 1 aliphatic rings. The maximum absolute atomic E-state index is 14.2. The molecule has 1 fully saturated rings. The first-order valence-electron chi connectivity index (χ1n) is 11.5. The van der Waals surface area contributed by atoms with E-state index >= 15 is 0 Å². The lowest BCUT2D eigenvalue weighted by Crippen LogP contribution is -2.45. The highest BCUT2D eigenvalue weighted by Crippen LogP contribution is 2.28. The molecule has 12 heteroatoms. The van der Waals surface area contributed by atoms with Gasteiger partial charge in [-0.25, -0.2) is 13.9 Å². The van der Waals surface area contributed by atoms with Crippen LogP contribution >= 0.6 is 0 Å². The van der Waals surface area contributed by atoms with Crippen molar-refractivity contribution in [2.45, 2.75) is 44.1 Å². The zero-order valence-electron chi connectivity index (χ0n) is 20.0. The number of nitrogens with one attached hydrogen (secondary N) is 2. The largest absolute Gasteiger partial charge is 0.387 e. The second-order valence-electron chi connectivity index (χ2n) is 9.46. The quantitative estimate of drug-likeness (QED) is 0.361. The molecule has 4 rings (SSSR count). The van der Waals surface area contributed by atoms with E-state index in [2.05, 4.69) is 25.7 Å². The fourth-order valence-corrected chi connectivity index (χ4v) is 3.81. The molecule has 0 radical (unpaired) electrons. The fourth-order valence-electron chi connectivity index (χ4n) is 3.81. The van der Waals surface area contributed by atoms with Gasteiger partial charge < -0.3 is 25.6 Å². The van der Waals surface area contributed by atoms with E-state index in [0.29, 0.717) is 47.6 Å². The predicted molar refractivity (Wildman–Crippen MR) is 128 cm³/mol. The van der Waals surface area contributed by atoms with Crippen LogP contribution in [0.1, 0.15) is 42.6 Å². The number of carbonyl (C=O) groups excluding carboxylic acids is 1. The minimum atomic E-state index is -1.67. The zero-order valence-corrected chi connectivity index (χ0v) is 20.0. The molecular formula is C24H28FN7O4. The van der Waals surface area contributed by atoms with E-state index in [1.165, 1.54) is 30.8 Å². The molecule has 4 heterocycles. The third-order valence-corrected chi connectivity index (χ3v) is 6.03. The molecule has 190 valence electrons. The third-order valence-electron chi connectivity index (χ3n) is 6.03. The van der Waals surface area contributed by atoms with E-state index in [1.807, 2.05) is 6.07 Å². The summed E-state index contributed by atoms with van der Waals surface area (Å²) in [5.74, 6) is -0.591. The smallest absolute Gasteiger partial charge is 0.255 e. The Labute approximate surface area is 206 Å². The summed E-state index contributed by atoms with van der Waals surface area (Å²) in [7, 11) is 0. The predicted octanol–water partition coefficient (Wildman–Crippen LogP) is 1.46. The summed E-state index contributed by atoms with van der Waals surface area (Å²) in [6.45, 7) is 3.11. The van der Waals surface area contributed by atoms with Crippen LogP contribution in [-0.2, 0) is 4.74 Å². The van der Waals surface area contributed by atoms with Crippen molar-refractivity contribution >= 4 is 17.2 Å². The van der Waals surface area contributed by atoms with Gasteiger partial charge in [0.25, 0.3) is 5.91 Å². The van der Waals surface area contributed by atoms with Gasteiger partial charge in [-0.15, -0.1) is 0 Å². The average molecular weight is 498 g/mol. The zero-order chi connectivity index (χ0) is 25.9. The Morgan fingerprint density at radius 2 is 2.19 bits per heavy atom. The maximum Gasteiger partial charge on any atom is 0.255 e. The van der Waals surface area contributed by atoms with Gasteiger partial charge in [-0.05, 0) is 32.8 Å². The lowest BCUT2D eigenvalue weighted by Gasteiger charge is -2.32. The molecule has 2 atom stereocenters. The van der Waals surface area contributed by atoms with Gasteiger partial charge in [0, 0.05) is 25.5 Å². The topological polar surface area (TPSA) is 158 Å². The van der Waals surface area contributed by atoms with Crippen molar-refractivity contribution in [3.05, 3.63) is 42.0 Å². The van der Waals surface area contributed by atoms with Gasteiger partial charge in [-0.1, -0.05) is 0 Å². The Morgan fingerprint density at radius 1 is 1.39 bits per heavy atom. The number of nitrogens with zero attached hydrogens (tertiary/aromatic N) is 5. The molecule has 3 aromatic rings. The van der Waals surface area contributed by atoms with Crippen LogP contribution in [0.2, 0.25) is 0 Å². The van der Waals surface area contributed by atoms with Crippen LogP contribution in [0.5, 0.6) is 0 Å². The average Bonchev–Trinajstić information content (AvgIpc) is 3.28. The van der Waals surface area contributed by atoms with Crippen LogP contribution in [0.15, 0.2) is 30.9 Å². The van der Waals surface area contributed by atoms with Crippen LogP contribution in [0, 0.1) is 11.3 Å². The number of fused-ring (bicyclic) bond motifs is 1. The Hall–Kier alpha value is -3.66. The van der Waals surface area contributed by atoms with Gasteiger partial charge in [0.05, 0.1) is 59.2 Å². The van der Waals surface area contributed by atoms with E-state index in [-0.39, 0.29) is 25.3 Å². The minimum Gasteiger partial charge on any atom is -0.387 e. The van der Waals surface area contributed by atoms with Gasteiger partial charge in [0.2, 0.25) is 0 Å². The molecule has 0 spiro atoms. The lowest BCUT2D eigenvalue weighted by atomic mass is 9.96. The molecule has 36 heavy (non-hydrogen) atoms. The Morgan fingerprint density at radius 3 is 2.89 bits per heavy atom. The van der Waals surface area contributed by atoms with Gasteiger partial charge in [0.15, 0.2) is 5.65 Å². The van der Waals surface area contributed by atoms with E-state index < -0.39 is 23.3 Å². The number of aromatic nitrogens is 4. The number of hydrogen-bond acceptors (Lipinski definition) is 9. The monoisotopic (exact) mass is 497 g/mol. The van der Waals surface area contributed by atoms with E-state index in [4.69, 9.17) is 10.00 Å². The Kier molecular flexibility index (Phi) is 7.16. The number of nitriles is 1. The van der Waals surface area contributed by atoms with Crippen molar-refractivity contribution in [1.29, 1.82) is 5.26 Å². The first-order chi connectivity index (χ1) is 17.1. The number of halogens is 1. The van der Waals surface area contributed by atoms with Gasteiger partial charge in [0.1, 0.15) is 17.8 Å². The summed E-state index contributed by atoms with van der Waals surface area (Å²) < 4.78 is 21.1. The maximum atomic E-state index is 14.2. The molecule has 0 bridgehead atoms. The number of anilines is 1. The summed E-state index contributed by atoms with van der Waals surface area (Å²) in [4.78, 5) is 21.6. The number of pyridine rings is 1. The highest BCUT2D eigenvalue weighted by atomic mass is 19.1. The molecule has 4 N–H and O–H groups in total. The molecule has 3 aromatic heterocycles. The lowest BCUT2D eigenvalue weighted by molar-refractivity contribution is -0.0763. The molecule has 11 nitrogen and oxygen atoms in total. The van der Waals surface area contributed by atoms with Crippen molar-refractivity contribution in [3.63, 3.8) is 0 Å². The highest BCUT2D eigenvalue weighted by molar-refractivity contribution is 6.00. The Balaban J connectivity index is 1.64. The number of hydrogen-bond donors (Lipinski definition) is 4. The number of amides is 1. The molecular weight excluding hydrogens is 469 g/mol. The van der Waals surface area contributed by atoms with Crippen molar-refractivity contribution in [2.75, 3.05) is 31.6 Å². The number of ether oxygens (including phenoxy) is 1. The number of carbonyl (C=O) groups is 1. The minimum absolute atomic E-state index is 0.116. The first-order valence-corrected chi connectivity index (χ1v) is 11.5. The Bertz CT molecular complexity index is 1290. The molecule has 2 unspecified atom stereocenters. The molecule has 0 saturated carbocycles. The van der Waals surface area contributed by atoms with Crippen molar-refractivity contribution < 1.29 is 24.1 Å². The summed E-state index contributed by atoms with van der Waals surface area (Å²) in [5, 5.41) is 39.6. The SMILES string of the molecule is CC(C)(O)C(F)CNC(=O)c1cnc(-c2cnn3cc(C#N)cnc23)cc1NCC1(O)CCCOC1. The molecule has 0 aromatic carbocycles. The van der Waals surface area contributed by atoms with Crippen molar-refractivity contribution in [1.82, 2.24) is 24.9 Å². The first kappa shape index (κ1) is 25.4. The van der Waals surface area contributed by atoms with Crippen LogP contribution in [-0.4, -0.2) is 79.4 Å². The molecule has 1 aliphatic heterocycles. The fraction of sp³-hybridized carbons (Fsp3) is 0.458. The normalized spacial score (nSPS) is 19.0. The van der Waals surface area contributed by atoms with Crippen molar-refractivity contribution in [2.24, 2.45) is 0 Å². The summed E-state index contributed by atoms with van der Waals surface area (Å²) >= 11 is 0. The summed E-state index contributed by atoms with van der Waals surface area (Å²) in [5.41, 5.74) is -0.383. The van der Waals surface area contributed by atoms with E-state index in [1.54, 1.807) is 18.5 Å². The highest BCUT2D eigenvalue weighted by Gasteiger charge is 2.31. The standard InChI is InChI=1S/C24H28FN7O4/c1-23(2,34)20(25)11-29-22(33)17-9-27-18(6-19(17)30-13-24(35)4-3-5-36-14-24)16-10-31-32-12-15(7-26)8-28-21(16)32/h6,8-10,12,20,34-35H,3-5,11,13-14H2,1-2H3,(H,27,30)(H,29,33). The third kappa shape index (κ3) is 5.59. The van der Waals surface area contributed by atoms with Gasteiger partial charge in [-0.2, -0.15) is 10.4 Å². The van der Waals surface area contributed by atoms with Crippen LogP contribution in [0.25, 0.3) is 16.9 Å². The summed E-state index contributed by atoms with van der Waals surface area (Å²) in [6, 6.07) is 3.63. The van der Waals surface area contributed by atoms with Crippen molar-refractivity contribution in [3.8, 4) is 17.3 Å². The van der Waals surface area contributed by atoms with Crippen LogP contribution in [0.4, 0.5) is 10.1 Å². The van der Waals surface area contributed by atoms with Crippen LogP contribution in [0.3, 0.4) is 0 Å². The van der Waals surface area contributed by atoms with E-state index in [0.717, 1.165) is 0 Å². The summed E-state index contributed by atoms with van der Waals surface area (Å²) in [6.07, 6.45) is 5.44.